The predicted octanol–water partition coefficient (Wildman–Crippen LogP) is 2.40. The Hall–Kier alpha value is -2.50. The Morgan fingerprint density at radius 2 is 1.62 bits per heavy atom. The molecule has 5 heteroatoms. The maximum atomic E-state index is 9.28. The van der Waals surface area contributed by atoms with Crippen LogP contribution in [0.4, 0.5) is 5.95 Å². The fraction of sp³-hybridized carbons (Fsp3) is 0.263. The van der Waals surface area contributed by atoms with Crippen LogP contribution in [0.2, 0.25) is 0 Å². The lowest BCUT2D eigenvalue weighted by Crippen LogP contribution is -2.31. The van der Waals surface area contributed by atoms with E-state index in [4.69, 9.17) is 4.98 Å². The van der Waals surface area contributed by atoms with Crippen LogP contribution in [0.25, 0.3) is 22.2 Å². The average Bonchev–Trinajstić information content (AvgIpc) is 2.61. The Balaban J connectivity index is 2.21. The Labute approximate surface area is 141 Å². The zero-order valence-electron chi connectivity index (χ0n) is 13.7. The van der Waals surface area contributed by atoms with Gasteiger partial charge in [-0.2, -0.15) is 0 Å². The number of rotatable bonds is 6. The summed E-state index contributed by atoms with van der Waals surface area (Å²) in [6, 6.07) is 16.1. The summed E-state index contributed by atoms with van der Waals surface area (Å²) in [6.45, 7) is 2.77. The highest BCUT2D eigenvalue weighted by Crippen LogP contribution is 2.28. The van der Waals surface area contributed by atoms with Crippen molar-refractivity contribution < 1.29 is 10.2 Å². The van der Waals surface area contributed by atoms with E-state index < -0.39 is 0 Å². The highest BCUT2D eigenvalue weighted by Gasteiger charge is 2.14. The lowest BCUT2D eigenvalue weighted by Gasteiger charge is -2.22. The van der Waals surface area contributed by atoms with Crippen molar-refractivity contribution in [3.63, 3.8) is 0 Å². The molecule has 0 bridgehead atoms. The molecule has 0 amide bonds. The van der Waals surface area contributed by atoms with E-state index in [1.807, 2.05) is 49.4 Å². The summed E-state index contributed by atoms with van der Waals surface area (Å²) < 4.78 is 0. The minimum absolute atomic E-state index is 0.0179. The van der Waals surface area contributed by atoms with Crippen LogP contribution in [0, 0.1) is 6.92 Å². The SMILES string of the molecule is Cc1ccc2nc(N(CCO)CCO)nc(-c3ccccc3)c2c1. The van der Waals surface area contributed by atoms with Gasteiger partial charge in [0.05, 0.1) is 24.4 Å². The number of anilines is 1. The largest absolute Gasteiger partial charge is 0.395 e. The zero-order valence-corrected chi connectivity index (χ0v) is 13.7. The fourth-order valence-corrected chi connectivity index (χ4v) is 2.74. The molecule has 0 fully saturated rings. The molecule has 0 aliphatic carbocycles. The first-order chi connectivity index (χ1) is 11.7. The molecule has 5 nitrogen and oxygen atoms in total. The minimum atomic E-state index is -0.0179. The van der Waals surface area contributed by atoms with Crippen molar-refractivity contribution in [3.05, 3.63) is 54.1 Å². The molecule has 3 aromatic rings. The predicted molar refractivity (Wildman–Crippen MR) is 96.1 cm³/mol. The van der Waals surface area contributed by atoms with E-state index >= 15 is 0 Å². The zero-order chi connectivity index (χ0) is 16.9. The molecule has 2 aromatic carbocycles. The smallest absolute Gasteiger partial charge is 0.226 e. The Kier molecular flexibility index (Phi) is 5.03. The molecule has 1 heterocycles. The van der Waals surface area contributed by atoms with Gasteiger partial charge in [0.2, 0.25) is 5.95 Å². The standard InChI is InChI=1S/C19H21N3O2/c1-14-7-8-17-16(13-14)18(15-5-3-2-4-6-15)21-19(20-17)22(9-11-23)10-12-24/h2-8,13,23-24H,9-12H2,1H3. The van der Waals surface area contributed by atoms with Crippen LogP contribution in [0.1, 0.15) is 5.56 Å². The van der Waals surface area contributed by atoms with Gasteiger partial charge < -0.3 is 15.1 Å². The average molecular weight is 323 g/mol. The van der Waals surface area contributed by atoms with Gasteiger partial charge in [-0.3, -0.25) is 0 Å². The summed E-state index contributed by atoms with van der Waals surface area (Å²) >= 11 is 0. The van der Waals surface area contributed by atoms with Gasteiger partial charge in [-0.25, -0.2) is 9.97 Å². The van der Waals surface area contributed by atoms with Crippen LogP contribution in [0.5, 0.6) is 0 Å². The van der Waals surface area contributed by atoms with Gasteiger partial charge in [0.25, 0.3) is 0 Å². The molecule has 2 N–H and O–H groups in total. The number of aliphatic hydroxyl groups excluding tert-OH is 2. The van der Waals surface area contributed by atoms with E-state index in [9.17, 15) is 10.2 Å². The summed E-state index contributed by atoms with van der Waals surface area (Å²) in [5, 5.41) is 19.6. The second-order valence-electron chi connectivity index (χ2n) is 5.69. The molecule has 0 saturated heterocycles. The summed E-state index contributed by atoms with van der Waals surface area (Å²) in [4.78, 5) is 11.2. The van der Waals surface area contributed by atoms with Gasteiger partial charge in [0.1, 0.15) is 0 Å². The maximum Gasteiger partial charge on any atom is 0.226 e. The van der Waals surface area contributed by atoms with Crippen LogP contribution in [0.15, 0.2) is 48.5 Å². The van der Waals surface area contributed by atoms with Gasteiger partial charge in [0, 0.05) is 24.0 Å². The quantitative estimate of drug-likeness (QED) is 0.729. The third kappa shape index (κ3) is 3.37. The van der Waals surface area contributed by atoms with E-state index in [0.717, 1.165) is 27.7 Å². The summed E-state index contributed by atoms with van der Waals surface area (Å²) in [7, 11) is 0. The van der Waals surface area contributed by atoms with Crippen LogP contribution in [-0.2, 0) is 0 Å². The molecule has 0 unspecified atom stereocenters. The number of aromatic nitrogens is 2. The molecular weight excluding hydrogens is 302 g/mol. The number of benzene rings is 2. The normalized spacial score (nSPS) is 11.0. The molecule has 3 rings (SSSR count). The third-order valence-corrected chi connectivity index (χ3v) is 3.91. The van der Waals surface area contributed by atoms with Crippen molar-refractivity contribution in [1.82, 2.24) is 9.97 Å². The molecule has 1 aromatic heterocycles. The minimum Gasteiger partial charge on any atom is -0.395 e. The first kappa shape index (κ1) is 16.4. The molecule has 0 spiro atoms. The number of hydrogen-bond donors (Lipinski definition) is 2. The van der Waals surface area contributed by atoms with Crippen molar-refractivity contribution in [2.45, 2.75) is 6.92 Å². The van der Waals surface area contributed by atoms with E-state index in [1.165, 1.54) is 0 Å². The molecule has 0 saturated carbocycles. The molecule has 24 heavy (non-hydrogen) atoms. The van der Waals surface area contributed by atoms with Crippen molar-refractivity contribution >= 4 is 16.9 Å². The van der Waals surface area contributed by atoms with E-state index in [2.05, 4.69) is 11.1 Å². The van der Waals surface area contributed by atoms with Crippen LogP contribution in [0.3, 0.4) is 0 Å². The Morgan fingerprint density at radius 3 is 2.29 bits per heavy atom. The number of aryl methyl sites for hydroxylation is 1. The highest BCUT2D eigenvalue weighted by atomic mass is 16.3. The molecule has 124 valence electrons. The van der Waals surface area contributed by atoms with Crippen molar-refractivity contribution in [2.24, 2.45) is 0 Å². The van der Waals surface area contributed by atoms with Gasteiger partial charge in [-0.15, -0.1) is 0 Å². The van der Waals surface area contributed by atoms with E-state index in [0.29, 0.717) is 19.0 Å². The van der Waals surface area contributed by atoms with Crippen LogP contribution in [-0.4, -0.2) is 46.5 Å². The lowest BCUT2D eigenvalue weighted by molar-refractivity contribution is 0.280. The molecule has 0 aliphatic heterocycles. The monoisotopic (exact) mass is 323 g/mol. The second kappa shape index (κ2) is 7.38. The topological polar surface area (TPSA) is 69.5 Å². The molecule has 0 atom stereocenters. The highest BCUT2D eigenvalue weighted by molar-refractivity contribution is 5.93. The van der Waals surface area contributed by atoms with Crippen LogP contribution >= 0.6 is 0 Å². The number of aliphatic hydroxyl groups is 2. The van der Waals surface area contributed by atoms with Gasteiger partial charge in [-0.05, 0) is 19.1 Å². The molecule has 0 aliphatic rings. The summed E-state index contributed by atoms with van der Waals surface area (Å²) in [5.74, 6) is 0.522. The molecular formula is C19H21N3O2. The first-order valence-corrected chi connectivity index (χ1v) is 8.03. The first-order valence-electron chi connectivity index (χ1n) is 8.03. The van der Waals surface area contributed by atoms with Crippen molar-refractivity contribution in [2.75, 3.05) is 31.2 Å². The number of nitrogens with zero attached hydrogens (tertiary/aromatic N) is 3. The van der Waals surface area contributed by atoms with Crippen molar-refractivity contribution in [3.8, 4) is 11.3 Å². The Bertz CT molecular complexity index is 815. The third-order valence-electron chi connectivity index (χ3n) is 3.91. The van der Waals surface area contributed by atoms with Gasteiger partial charge in [-0.1, -0.05) is 42.0 Å². The van der Waals surface area contributed by atoms with E-state index in [1.54, 1.807) is 4.90 Å². The van der Waals surface area contributed by atoms with Gasteiger partial charge >= 0.3 is 0 Å². The summed E-state index contributed by atoms with van der Waals surface area (Å²) in [6.07, 6.45) is 0. The molecule has 0 radical (unpaired) electrons. The van der Waals surface area contributed by atoms with Gasteiger partial charge in [0.15, 0.2) is 0 Å². The fourth-order valence-electron chi connectivity index (χ4n) is 2.74. The lowest BCUT2D eigenvalue weighted by atomic mass is 10.0. The number of fused-ring (bicyclic) bond motifs is 1. The second-order valence-corrected chi connectivity index (χ2v) is 5.69. The summed E-state index contributed by atoms with van der Waals surface area (Å²) in [5.41, 5.74) is 3.88. The van der Waals surface area contributed by atoms with Crippen molar-refractivity contribution in [1.29, 1.82) is 0 Å². The maximum absolute atomic E-state index is 9.28. The van der Waals surface area contributed by atoms with Crippen LogP contribution < -0.4 is 4.90 Å². The number of hydrogen-bond acceptors (Lipinski definition) is 5. The Morgan fingerprint density at radius 1 is 0.917 bits per heavy atom. The van der Waals surface area contributed by atoms with E-state index in [-0.39, 0.29) is 13.2 Å².